The van der Waals surface area contributed by atoms with Gasteiger partial charge in [-0.1, -0.05) is 52.3 Å². The summed E-state index contributed by atoms with van der Waals surface area (Å²) in [6.07, 6.45) is 2.45. The van der Waals surface area contributed by atoms with E-state index in [4.69, 9.17) is 0 Å². The first-order valence-electron chi connectivity index (χ1n) is 8.41. The predicted molar refractivity (Wildman–Crippen MR) is 95.7 cm³/mol. The summed E-state index contributed by atoms with van der Waals surface area (Å²) in [5, 5.41) is 2.90. The summed E-state index contributed by atoms with van der Waals surface area (Å²) < 4.78 is 0. The lowest BCUT2D eigenvalue weighted by molar-refractivity contribution is -0.121. The highest BCUT2D eigenvalue weighted by atomic mass is 16.2. The van der Waals surface area contributed by atoms with Gasteiger partial charge < -0.3 is 10.2 Å². The molecule has 23 heavy (non-hydrogen) atoms. The highest BCUT2D eigenvalue weighted by Crippen LogP contribution is 2.31. The number of hydrogen-bond acceptors (Lipinski definition) is 2. The molecule has 0 bridgehead atoms. The number of nitrogens with zero attached hydrogens (tertiary/aromatic N) is 1. The molecule has 0 saturated heterocycles. The van der Waals surface area contributed by atoms with Gasteiger partial charge in [0.15, 0.2) is 0 Å². The maximum Gasteiger partial charge on any atom is 0.223 e. The smallest absolute Gasteiger partial charge is 0.223 e. The molecule has 0 aromatic heterocycles. The summed E-state index contributed by atoms with van der Waals surface area (Å²) in [5.41, 5.74) is 2.01. The van der Waals surface area contributed by atoms with Crippen molar-refractivity contribution in [3.63, 3.8) is 0 Å². The van der Waals surface area contributed by atoms with Crippen molar-refractivity contribution in [1.29, 1.82) is 0 Å². The van der Waals surface area contributed by atoms with E-state index in [0.29, 0.717) is 19.5 Å². The highest BCUT2D eigenvalue weighted by molar-refractivity contribution is 5.92. The number of anilines is 1. The van der Waals surface area contributed by atoms with Gasteiger partial charge in [0, 0.05) is 32.1 Å². The van der Waals surface area contributed by atoms with Crippen LogP contribution in [-0.4, -0.2) is 24.9 Å². The lowest BCUT2D eigenvalue weighted by Crippen LogP contribution is -2.38. The Bertz CT molecular complexity index is 532. The van der Waals surface area contributed by atoms with Crippen molar-refractivity contribution in [3.8, 4) is 0 Å². The Kier molecular flexibility index (Phi) is 7.27. The minimum atomic E-state index is -0.0470. The number of para-hydroxylation sites is 1. The molecule has 0 aliphatic heterocycles. The van der Waals surface area contributed by atoms with Crippen molar-refractivity contribution in [2.24, 2.45) is 0 Å². The van der Waals surface area contributed by atoms with Crippen LogP contribution >= 0.6 is 0 Å². The summed E-state index contributed by atoms with van der Waals surface area (Å²) >= 11 is 0. The minimum Gasteiger partial charge on any atom is -0.354 e. The zero-order valence-electron chi connectivity index (χ0n) is 15.1. The molecule has 0 radical (unpaired) electrons. The molecule has 0 atom stereocenters. The van der Waals surface area contributed by atoms with Gasteiger partial charge >= 0.3 is 0 Å². The fourth-order valence-corrected chi connectivity index (χ4v) is 2.52. The third kappa shape index (κ3) is 6.05. The SMILES string of the molecule is CCCCC(=O)NCCN(C(C)=O)c1ccccc1C(C)(C)C. The van der Waals surface area contributed by atoms with Gasteiger partial charge in [0.1, 0.15) is 0 Å². The monoisotopic (exact) mass is 318 g/mol. The third-order valence-corrected chi connectivity index (χ3v) is 3.80. The Morgan fingerprint density at radius 1 is 1.17 bits per heavy atom. The van der Waals surface area contributed by atoms with Gasteiger partial charge in [-0.15, -0.1) is 0 Å². The van der Waals surface area contributed by atoms with Crippen molar-refractivity contribution >= 4 is 17.5 Å². The van der Waals surface area contributed by atoms with Crippen LogP contribution in [0.1, 0.15) is 59.4 Å². The summed E-state index contributed by atoms with van der Waals surface area (Å²) in [6, 6.07) is 7.97. The lowest BCUT2D eigenvalue weighted by atomic mass is 9.85. The topological polar surface area (TPSA) is 49.4 Å². The van der Waals surface area contributed by atoms with Crippen LogP contribution in [-0.2, 0) is 15.0 Å². The molecule has 0 saturated carbocycles. The standard InChI is InChI=1S/C19H30N2O2/c1-6-7-12-18(23)20-13-14-21(15(2)22)17-11-9-8-10-16(17)19(3,4)5/h8-11H,6-7,12-14H2,1-5H3,(H,20,23). The number of rotatable bonds is 7. The number of benzene rings is 1. The van der Waals surface area contributed by atoms with Gasteiger partial charge in [-0.05, 0) is 23.5 Å². The van der Waals surface area contributed by atoms with Crippen LogP contribution < -0.4 is 10.2 Å². The van der Waals surface area contributed by atoms with E-state index in [9.17, 15) is 9.59 Å². The molecular weight excluding hydrogens is 288 g/mol. The van der Waals surface area contributed by atoms with E-state index in [1.165, 1.54) is 0 Å². The molecule has 0 aliphatic rings. The second kappa shape index (κ2) is 8.70. The molecular formula is C19H30N2O2. The first-order chi connectivity index (χ1) is 10.8. The van der Waals surface area contributed by atoms with Gasteiger partial charge in [0.05, 0.1) is 0 Å². The van der Waals surface area contributed by atoms with Crippen LogP contribution in [0.4, 0.5) is 5.69 Å². The molecule has 0 heterocycles. The van der Waals surface area contributed by atoms with Crippen LogP contribution in [0.2, 0.25) is 0 Å². The van der Waals surface area contributed by atoms with E-state index in [-0.39, 0.29) is 17.2 Å². The van der Waals surface area contributed by atoms with Crippen molar-refractivity contribution in [2.45, 2.75) is 59.3 Å². The maximum absolute atomic E-state index is 12.1. The Hall–Kier alpha value is -1.84. The van der Waals surface area contributed by atoms with Crippen LogP contribution in [0.5, 0.6) is 0 Å². The molecule has 128 valence electrons. The molecule has 1 N–H and O–H groups in total. The highest BCUT2D eigenvalue weighted by Gasteiger charge is 2.22. The van der Waals surface area contributed by atoms with Gasteiger partial charge in [-0.3, -0.25) is 9.59 Å². The van der Waals surface area contributed by atoms with Crippen molar-refractivity contribution in [3.05, 3.63) is 29.8 Å². The largest absolute Gasteiger partial charge is 0.354 e. The number of carbonyl (C=O) groups is 2. The molecule has 4 heteroatoms. The molecule has 0 aliphatic carbocycles. The number of nitrogens with one attached hydrogen (secondary N) is 1. The van der Waals surface area contributed by atoms with Crippen molar-refractivity contribution < 1.29 is 9.59 Å². The molecule has 0 spiro atoms. The maximum atomic E-state index is 12.1. The second-order valence-corrected chi connectivity index (χ2v) is 6.89. The molecule has 1 rings (SSSR count). The molecule has 0 fully saturated rings. The first-order valence-corrected chi connectivity index (χ1v) is 8.41. The van der Waals surface area contributed by atoms with Gasteiger partial charge in [-0.2, -0.15) is 0 Å². The van der Waals surface area contributed by atoms with E-state index in [2.05, 4.69) is 39.1 Å². The van der Waals surface area contributed by atoms with Crippen LogP contribution in [0.3, 0.4) is 0 Å². The van der Waals surface area contributed by atoms with Crippen LogP contribution in [0.25, 0.3) is 0 Å². The summed E-state index contributed by atoms with van der Waals surface area (Å²) in [7, 11) is 0. The van der Waals surface area contributed by atoms with Gasteiger partial charge in [0.2, 0.25) is 11.8 Å². The normalized spacial score (nSPS) is 11.2. The Balaban J connectivity index is 2.81. The zero-order valence-corrected chi connectivity index (χ0v) is 15.1. The van der Waals surface area contributed by atoms with Crippen molar-refractivity contribution in [1.82, 2.24) is 5.32 Å². The summed E-state index contributed by atoms with van der Waals surface area (Å²) in [4.78, 5) is 25.5. The van der Waals surface area contributed by atoms with E-state index in [1.54, 1.807) is 11.8 Å². The van der Waals surface area contributed by atoms with E-state index >= 15 is 0 Å². The predicted octanol–water partition coefficient (Wildman–Crippen LogP) is 3.64. The van der Waals surface area contributed by atoms with E-state index in [1.807, 2.05) is 18.2 Å². The summed E-state index contributed by atoms with van der Waals surface area (Å²) in [6.45, 7) is 11.0. The Labute approximate surface area is 140 Å². The quantitative estimate of drug-likeness (QED) is 0.834. The molecule has 1 aromatic rings. The number of carbonyl (C=O) groups excluding carboxylic acids is 2. The molecule has 4 nitrogen and oxygen atoms in total. The zero-order chi connectivity index (χ0) is 17.5. The van der Waals surface area contributed by atoms with Crippen molar-refractivity contribution in [2.75, 3.05) is 18.0 Å². The molecule has 0 unspecified atom stereocenters. The second-order valence-electron chi connectivity index (χ2n) is 6.89. The molecule has 1 aromatic carbocycles. The first kappa shape index (κ1) is 19.2. The summed E-state index contributed by atoms with van der Waals surface area (Å²) in [5.74, 6) is 0.0453. The number of unbranched alkanes of at least 4 members (excludes halogenated alkanes) is 1. The minimum absolute atomic E-state index is 0.00972. The Morgan fingerprint density at radius 3 is 2.39 bits per heavy atom. The average molecular weight is 318 g/mol. The fraction of sp³-hybridized carbons (Fsp3) is 0.579. The van der Waals surface area contributed by atoms with Crippen LogP contribution in [0.15, 0.2) is 24.3 Å². The van der Waals surface area contributed by atoms with Gasteiger partial charge in [-0.25, -0.2) is 0 Å². The van der Waals surface area contributed by atoms with E-state index in [0.717, 1.165) is 24.1 Å². The molecule has 2 amide bonds. The Morgan fingerprint density at radius 2 is 1.83 bits per heavy atom. The van der Waals surface area contributed by atoms with Crippen LogP contribution in [0, 0.1) is 0 Å². The number of hydrogen-bond donors (Lipinski definition) is 1. The van der Waals surface area contributed by atoms with Gasteiger partial charge in [0.25, 0.3) is 0 Å². The lowest BCUT2D eigenvalue weighted by Gasteiger charge is -2.29. The van der Waals surface area contributed by atoms with E-state index < -0.39 is 0 Å². The number of amides is 2. The fourth-order valence-electron chi connectivity index (χ4n) is 2.52. The third-order valence-electron chi connectivity index (χ3n) is 3.80. The average Bonchev–Trinajstić information content (AvgIpc) is 2.48.